The first kappa shape index (κ1) is 27.7. The molecule has 6 heteroatoms. The zero-order valence-corrected chi connectivity index (χ0v) is 21.8. The fraction of sp³-hybridized carbons (Fsp3) is 0.704. The molecule has 5 nitrogen and oxygen atoms in total. The van der Waals surface area contributed by atoms with E-state index < -0.39 is 10.1 Å². The fourth-order valence-electron chi connectivity index (χ4n) is 4.22. The maximum atomic E-state index is 10.7. The SMILES string of the molecule is CC(C)CCCC(C)C/C=C/C1(C)CCc2cc(OCCCCCCS(=O)(=O)O)ccc2O1. The lowest BCUT2D eigenvalue weighted by atomic mass is 9.91. The quantitative estimate of drug-likeness (QED) is 0.166. The van der Waals surface area contributed by atoms with Gasteiger partial charge in [0.05, 0.1) is 12.4 Å². The zero-order chi connectivity index (χ0) is 24.3. The largest absolute Gasteiger partial charge is 0.494 e. The molecule has 0 spiro atoms. The average Bonchev–Trinajstić information content (AvgIpc) is 2.72. The van der Waals surface area contributed by atoms with Crippen LogP contribution >= 0.6 is 0 Å². The number of rotatable bonds is 15. The second-order valence-corrected chi connectivity index (χ2v) is 11.9. The summed E-state index contributed by atoms with van der Waals surface area (Å²) in [5, 5.41) is 0. The summed E-state index contributed by atoms with van der Waals surface area (Å²) in [5.41, 5.74) is 0.934. The van der Waals surface area contributed by atoms with Crippen molar-refractivity contribution < 1.29 is 22.4 Å². The smallest absolute Gasteiger partial charge is 0.264 e. The molecular weight excluding hydrogens is 436 g/mol. The Morgan fingerprint density at radius 1 is 1.12 bits per heavy atom. The summed E-state index contributed by atoms with van der Waals surface area (Å²) in [7, 11) is -3.84. The monoisotopic (exact) mass is 480 g/mol. The van der Waals surface area contributed by atoms with E-state index in [-0.39, 0.29) is 11.4 Å². The van der Waals surface area contributed by atoms with E-state index in [9.17, 15) is 8.42 Å². The van der Waals surface area contributed by atoms with Crippen molar-refractivity contribution in [1.82, 2.24) is 0 Å². The molecule has 1 heterocycles. The van der Waals surface area contributed by atoms with E-state index in [0.717, 1.165) is 55.9 Å². The molecule has 0 fully saturated rings. The van der Waals surface area contributed by atoms with E-state index in [0.29, 0.717) is 18.9 Å². The first-order valence-electron chi connectivity index (χ1n) is 12.6. The Bertz CT molecular complexity index is 846. The Morgan fingerprint density at radius 3 is 2.61 bits per heavy atom. The molecule has 0 aliphatic carbocycles. The molecule has 0 saturated carbocycles. The minimum atomic E-state index is -3.84. The Hall–Kier alpha value is -1.53. The molecule has 0 radical (unpaired) electrons. The summed E-state index contributed by atoms with van der Waals surface area (Å²) in [6, 6.07) is 6.05. The Morgan fingerprint density at radius 2 is 1.88 bits per heavy atom. The zero-order valence-electron chi connectivity index (χ0n) is 21.0. The van der Waals surface area contributed by atoms with Gasteiger partial charge >= 0.3 is 0 Å². The normalized spacial score (nSPS) is 19.5. The summed E-state index contributed by atoms with van der Waals surface area (Å²) in [4.78, 5) is 0. The molecule has 2 atom stereocenters. The molecule has 0 amide bonds. The molecule has 2 unspecified atom stereocenters. The number of fused-ring (bicyclic) bond motifs is 1. The van der Waals surface area contributed by atoms with Gasteiger partial charge in [0.2, 0.25) is 0 Å². The predicted octanol–water partition coefficient (Wildman–Crippen LogP) is 7.01. The summed E-state index contributed by atoms with van der Waals surface area (Å²) < 4.78 is 42.4. The molecule has 0 saturated heterocycles. The third-order valence-corrected chi connectivity index (χ3v) is 7.12. The summed E-state index contributed by atoms with van der Waals surface area (Å²) >= 11 is 0. The van der Waals surface area contributed by atoms with Crippen LogP contribution in [0.25, 0.3) is 0 Å². The maximum Gasteiger partial charge on any atom is 0.264 e. The Kier molecular flexibility index (Phi) is 11.2. The van der Waals surface area contributed by atoms with Crippen molar-refractivity contribution in [2.75, 3.05) is 12.4 Å². The van der Waals surface area contributed by atoms with Crippen LogP contribution in [0.2, 0.25) is 0 Å². The van der Waals surface area contributed by atoms with Gasteiger partial charge in [0.15, 0.2) is 0 Å². The molecule has 1 N–H and O–H groups in total. The second kappa shape index (κ2) is 13.4. The van der Waals surface area contributed by atoms with Gasteiger partial charge in [0, 0.05) is 0 Å². The van der Waals surface area contributed by atoms with Crippen LogP contribution in [0.4, 0.5) is 0 Å². The number of hydrogen-bond acceptors (Lipinski definition) is 4. The number of allylic oxidation sites excluding steroid dienone is 1. The second-order valence-electron chi connectivity index (χ2n) is 10.3. The standard InChI is InChI=1S/C27H44O5S/c1-22(2)11-9-12-23(3)13-10-17-27(4)18-16-24-21-25(14-15-26(24)32-27)31-19-7-5-6-8-20-33(28,29)30/h10,14-15,17,21-23H,5-9,11-13,16,18-20H2,1-4H3,(H,28,29,30)/b17-10+. The van der Waals surface area contributed by atoms with Crippen molar-refractivity contribution in [2.24, 2.45) is 11.8 Å². The lowest BCUT2D eigenvalue weighted by Crippen LogP contribution is -2.34. The number of benzene rings is 1. The van der Waals surface area contributed by atoms with Crippen LogP contribution in [0.1, 0.15) is 91.0 Å². The lowest BCUT2D eigenvalue weighted by molar-refractivity contribution is 0.114. The highest BCUT2D eigenvalue weighted by Crippen LogP contribution is 2.36. The van der Waals surface area contributed by atoms with Gasteiger partial charge in [-0.15, -0.1) is 0 Å². The molecule has 0 aromatic heterocycles. The Balaban J connectivity index is 1.73. The Labute approximate surface area is 201 Å². The topological polar surface area (TPSA) is 72.8 Å². The fourth-order valence-corrected chi connectivity index (χ4v) is 4.78. The maximum absolute atomic E-state index is 10.7. The molecule has 1 aromatic carbocycles. The molecular formula is C27H44O5S. The van der Waals surface area contributed by atoms with Crippen LogP contribution < -0.4 is 9.47 Å². The summed E-state index contributed by atoms with van der Waals surface area (Å²) in [6.45, 7) is 9.69. The third-order valence-electron chi connectivity index (χ3n) is 6.32. The van der Waals surface area contributed by atoms with Gasteiger partial charge in [-0.3, -0.25) is 4.55 Å². The first-order valence-corrected chi connectivity index (χ1v) is 14.2. The van der Waals surface area contributed by atoms with Crippen LogP contribution in [0, 0.1) is 11.8 Å². The van der Waals surface area contributed by atoms with Gasteiger partial charge < -0.3 is 9.47 Å². The van der Waals surface area contributed by atoms with E-state index >= 15 is 0 Å². The highest BCUT2D eigenvalue weighted by atomic mass is 32.2. The van der Waals surface area contributed by atoms with E-state index in [1.165, 1.54) is 24.8 Å². The van der Waals surface area contributed by atoms with E-state index in [1.54, 1.807) is 0 Å². The van der Waals surface area contributed by atoms with E-state index in [1.807, 2.05) is 12.1 Å². The van der Waals surface area contributed by atoms with Crippen LogP contribution in [0.3, 0.4) is 0 Å². The summed E-state index contributed by atoms with van der Waals surface area (Å²) in [5.74, 6) is 3.13. The van der Waals surface area contributed by atoms with Crippen LogP contribution in [-0.4, -0.2) is 30.9 Å². The first-order chi connectivity index (χ1) is 15.6. The van der Waals surface area contributed by atoms with Gasteiger partial charge in [0.1, 0.15) is 17.1 Å². The molecule has 188 valence electrons. The van der Waals surface area contributed by atoms with Crippen molar-refractivity contribution in [3.8, 4) is 11.5 Å². The molecule has 2 rings (SSSR count). The van der Waals surface area contributed by atoms with Crippen molar-refractivity contribution in [2.45, 2.75) is 97.5 Å². The van der Waals surface area contributed by atoms with Gasteiger partial charge in [0.25, 0.3) is 10.1 Å². The minimum absolute atomic E-state index is 0.163. The third kappa shape index (κ3) is 11.4. The molecule has 1 aromatic rings. The van der Waals surface area contributed by atoms with Crippen LogP contribution in [-0.2, 0) is 16.5 Å². The highest BCUT2D eigenvalue weighted by Gasteiger charge is 2.29. The lowest BCUT2D eigenvalue weighted by Gasteiger charge is -2.33. The van der Waals surface area contributed by atoms with Gasteiger partial charge in [-0.05, 0) is 80.7 Å². The molecule has 33 heavy (non-hydrogen) atoms. The summed E-state index contributed by atoms with van der Waals surface area (Å²) in [6.07, 6.45) is 14.5. The highest BCUT2D eigenvalue weighted by molar-refractivity contribution is 7.85. The number of ether oxygens (including phenoxy) is 2. The van der Waals surface area contributed by atoms with E-state index in [4.69, 9.17) is 14.0 Å². The van der Waals surface area contributed by atoms with Crippen molar-refractivity contribution in [3.63, 3.8) is 0 Å². The van der Waals surface area contributed by atoms with Crippen molar-refractivity contribution >= 4 is 10.1 Å². The predicted molar refractivity (Wildman–Crippen MR) is 136 cm³/mol. The average molecular weight is 481 g/mol. The van der Waals surface area contributed by atoms with Gasteiger partial charge in [-0.2, -0.15) is 8.42 Å². The van der Waals surface area contributed by atoms with Gasteiger partial charge in [-0.25, -0.2) is 0 Å². The van der Waals surface area contributed by atoms with Gasteiger partial charge in [-0.1, -0.05) is 59.0 Å². The number of aryl methyl sites for hydroxylation is 1. The minimum Gasteiger partial charge on any atom is -0.494 e. The molecule has 1 aliphatic heterocycles. The number of hydrogen-bond donors (Lipinski definition) is 1. The van der Waals surface area contributed by atoms with Crippen LogP contribution in [0.15, 0.2) is 30.4 Å². The van der Waals surface area contributed by atoms with Crippen LogP contribution in [0.5, 0.6) is 11.5 Å². The van der Waals surface area contributed by atoms with E-state index in [2.05, 4.69) is 45.9 Å². The number of unbranched alkanes of at least 4 members (excludes halogenated alkanes) is 3. The molecule has 1 aliphatic rings. The van der Waals surface area contributed by atoms with Crippen molar-refractivity contribution in [3.05, 3.63) is 35.9 Å². The molecule has 0 bridgehead atoms. The van der Waals surface area contributed by atoms with Crippen molar-refractivity contribution in [1.29, 1.82) is 0 Å².